The molecule has 1 amide bonds. The minimum Gasteiger partial charge on any atom is -0.325 e. The molecular formula is C21H18ClNO3S. The Bertz CT molecular complexity index is 1030. The van der Waals surface area contributed by atoms with Crippen LogP contribution < -0.4 is 5.32 Å². The van der Waals surface area contributed by atoms with Gasteiger partial charge in [-0.1, -0.05) is 60.1 Å². The highest BCUT2D eigenvalue weighted by Crippen LogP contribution is 2.20. The van der Waals surface area contributed by atoms with Crippen molar-refractivity contribution in [2.24, 2.45) is 0 Å². The van der Waals surface area contributed by atoms with E-state index >= 15 is 0 Å². The summed E-state index contributed by atoms with van der Waals surface area (Å²) in [5, 5.41) is 3.16. The van der Waals surface area contributed by atoms with Crippen molar-refractivity contribution in [2.45, 2.75) is 11.3 Å². The van der Waals surface area contributed by atoms with E-state index in [2.05, 4.69) is 5.32 Å². The molecule has 0 unspecified atom stereocenters. The smallest absolute Gasteiger partial charge is 0.239 e. The van der Waals surface area contributed by atoms with Crippen LogP contribution in [0.5, 0.6) is 0 Å². The van der Waals surface area contributed by atoms with Gasteiger partial charge in [0.15, 0.2) is 9.84 Å². The molecule has 0 fully saturated rings. The zero-order valence-corrected chi connectivity index (χ0v) is 16.0. The normalized spacial score (nSPS) is 11.1. The molecule has 0 radical (unpaired) electrons. The minimum absolute atomic E-state index is 0.0691. The molecule has 0 aliphatic rings. The molecule has 138 valence electrons. The Morgan fingerprint density at radius 2 is 1.48 bits per heavy atom. The van der Waals surface area contributed by atoms with E-state index in [0.29, 0.717) is 17.1 Å². The molecule has 0 heterocycles. The molecule has 0 saturated carbocycles. The third-order valence-electron chi connectivity index (χ3n) is 4.02. The van der Waals surface area contributed by atoms with Gasteiger partial charge in [0.25, 0.3) is 0 Å². The number of rotatable bonds is 6. The quantitative estimate of drug-likeness (QED) is 0.670. The van der Waals surface area contributed by atoms with Crippen LogP contribution in [0.2, 0.25) is 5.02 Å². The Labute approximate surface area is 163 Å². The van der Waals surface area contributed by atoms with E-state index in [1.807, 2.05) is 42.5 Å². The van der Waals surface area contributed by atoms with Crippen LogP contribution >= 0.6 is 11.6 Å². The lowest BCUT2D eigenvalue weighted by Gasteiger charge is -2.12. The number of sulfone groups is 1. The van der Waals surface area contributed by atoms with Gasteiger partial charge in [0.2, 0.25) is 5.91 Å². The molecule has 3 aromatic rings. The lowest BCUT2D eigenvalue weighted by Crippen LogP contribution is -2.23. The summed E-state index contributed by atoms with van der Waals surface area (Å²) in [7, 11) is -3.74. The highest BCUT2D eigenvalue weighted by Gasteiger charge is 2.20. The summed E-state index contributed by atoms with van der Waals surface area (Å²) in [5.74, 6) is -1.21. The molecule has 0 aliphatic heterocycles. The predicted molar refractivity (Wildman–Crippen MR) is 108 cm³/mol. The number of anilines is 1. The first kappa shape index (κ1) is 19.1. The molecule has 0 bridgehead atoms. The first-order valence-corrected chi connectivity index (χ1v) is 10.4. The SMILES string of the molecule is O=C(CS(=O)(=O)c1ccc(Cl)cc1)Nc1ccccc1Cc1ccccc1. The molecule has 6 heteroatoms. The average molecular weight is 400 g/mol. The number of nitrogens with one attached hydrogen (secondary N) is 1. The number of halogens is 1. The highest BCUT2D eigenvalue weighted by atomic mass is 35.5. The molecule has 27 heavy (non-hydrogen) atoms. The maximum atomic E-state index is 12.4. The Morgan fingerprint density at radius 1 is 0.852 bits per heavy atom. The summed E-state index contributed by atoms with van der Waals surface area (Å²) >= 11 is 5.78. The van der Waals surface area contributed by atoms with Gasteiger partial charge in [-0.3, -0.25) is 4.79 Å². The second kappa shape index (κ2) is 8.37. The molecule has 3 aromatic carbocycles. The van der Waals surface area contributed by atoms with Crippen LogP contribution in [0.3, 0.4) is 0 Å². The standard InChI is InChI=1S/C21H18ClNO3S/c22-18-10-12-19(13-11-18)27(25,26)15-21(24)23-20-9-5-4-8-17(20)14-16-6-2-1-3-7-16/h1-13H,14-15H2,(H,23,24). The summed E-state index contributed by atoms with van der Waals surface area (Å²) in [5.41, 5.74) is 2.63. The second-order valence-corrected chi connectivity index (χ2v) is 8.51. The van der Waals surface area contributed by atoms with Crippen molar-refractivity contribution in [3.05, 3.63) is 95.0 Å². The zero-order valence-electron chi connectivity index (χ0n) is 14.4. The molecule has 3 rings (SSSR count). The van der Waals surface area contributed by atoms with E-state index in [9.17, 15) is 13.2 Å². The van der Waals surface area contributed by atoms with E-state index in [1.165, 1.54) is 24.3 Å². The van der Waals surface area contributed by atoms with Gasteiger partial charge in [-0.05, 0) is 47.9 Å². The third kappa shape index (κ3) is 5.18. The van der Waals surface area contributed by atoms with Crippen LogP contribution in [0.1, 0.15) is 11.1 Å². The van der Waals surface area contributed by atoms with Crippen molar-refractivity contribution in [2.75, 3.05) is 11.1 Å². The number of benzene rings is 3. The number of amides is 1. The molecule has 0 aromatic heterocycles. The van der Waals surface area contributed by atoms with Crippen molar-refractivity contribution in [3.63, 3.8) is 0 Å². The van der Waals surface area contributed by atoms with Crippen LogP contribution in [0, 0.1) is 0 Å². The Hall–Kier alpha value is -2.63. The third-order valence-corrected chi connectivity index (χ3v) is 5.91. The summed E-state index contributed by atoms with van der Waals surface area (Å²) in [6, 6.07) is 23.0. The Morgan fingerprint density at radius 3 is 2.19 bits per heavy atom. The van der Waals surface area contributed by atoms with Crippen molar-refractivity contribution in [1.82, 2.24) is 0 Å². The molecule has 0 atom stereocenters. The second-order valence-electron chi connectivity index (χ2n) is 6.08. The lowest BCUT2D eigenvalue weighted by atomic mass is 10.0. The van der Waals surface area contributed by atoms with Crippen LogP contribution in [0.25, 0.3) is 0 Å². The van der Waals surface area contributed by atoms with Crippen molar-refractivity contribution < 1.29 is 13.2 Å². The van der Waals surface area contributed by atoms with E-state index in [1.54, 1.807) is 12.1 Å². The molecule has 0 spiro atoms. The van der Waals surface area contributed by atoms with Gasteiger partial charge in [0, 0.05) is 10.7 Å². The van der Waals surface area contributed by atoms with Gasteiger partial charge in [-0.15, -0.1) is 0 Å². The summed E-state index contributed by atoms with van der Waals surface area (Å²) in [6.07, 6.45) is 0.640. The van der Waals surface area contributed by atoms with Crippen LogP contribution in [0.15, 0.2) is 83.8 Å². The van der Waals surface area contributed by atoms with E-state index in [4.69, 9.17) is 11.6 Å². The Balaban J connectivity index is 1.74. The fraction of sp³-hybridized carbons (Fsp3) is 0.0952. The van der Waals surface area contributed by atoms with E-state index in [-0.39, 0.29) is 4.90 Å². The van der Waals surface area contributed by atoms with Gasteiger partial charge in [-0.2, -0.15) is 0 Å². The summed E-state index contributed by atoms with van der Waals surface area (Å²) in [4.78, 5) is 12.4. The number of carbonyl (C=O) groups excluding carboxylic acids is 1. The average Bonchev–Trinajstić information content (AvgIpc) is 2.64. The van der Waals surface area contributed by atoms with Crippen molar-refractivity contribution in [3.8, 4) is 0 Å². The van der Waals surface area contributed by atoms with Crippen LogP contribution in [-0.2, 0) is 21.1 Å². The Kier molecular flexibility index (Phi) is 5.94. The number of para-hydroxylation sites is 1. The zero-order chi connectivity index (χ0) is 19.3. The number of hydrogen-bond donors (Lipinski definition) is 1. The van der Waals surface area contributed by atoms with Crippen molar-refractivity contribution >= 4 is 33.0 Å². The number of carbonyl (C=O) groups is 1. The van der Waals surface area contributed by atoms with Gasteiger partial charge in [0.1, 0.15) is 5.75 Å². The van der Waals surface area contributed by atoms with E-state index in [0.717, 1.165) is 11.1 Å². The molecule has 4 nitrogen and oxygen atoms in total. The lowest BCUT2D eigenvalue weighted by molar-refractivity contribution is -0.113. The van der Waals surface area contributed by atoms with Crippen LogP contribution in [0.4, 0.5) is 5.69 Å². The topological polar surface area (TPSA) is 63.2 Å². The van der Waals surface area contributed by atoms with Gasteiger partial charge in [-0.25, -0.2) is 8.42 Å². The maximum Gasteiger partial charge on any atom is 0.239 e. The van der Waals surface area contributed by atoms with Gasteiger partial charge < -0.3 is 5.32 Å². The summed E-state index contributed by atoms with van der Waals surface area (Å²) < 4.78 is 24.8. The number of hydrogen-bond acceptors (Lipinski definition) is 3. The fourth-order valence-corrected chi connectivity index (χ4v) is 3.96. The largest absolute Gasteiger partial charge is 0.325 e. The minimum atomic E-state index is -3.74. The maximum absolute atomic E-state index is 12.4. The molecule has 0 saturated heterocycles. The van der Waals surface area contributed by atoms with E-state index < -0.39 is 21.5 Å². The highest BCUT2D eigenvalue weighted by molar-refractivity contribution is 7.92. The monoisotopic (exact) mass is 399 g/mol. The fourth-order valence-electron chi connectivity index (χ4n) is 2.70. The summed E-state index contributed by atoms with van der Waals surface area (Å²) in [6.45, 7) is 0. The molecule has 0 aliphatic carbocycles. The predicted octanol–water partition coefficient (Wildman–Crippen LogP) is 4.34. The van der Waals surface area contributed by atoms with Crippen LogP contribution in [-0.4, -0.2) is 20.1 Å². The van der Waals surface area contributed by atoms with Gasteiger partial charge >= 0.3 is 0 Å². The first-order valence-electron chi connectivity index (χ1n) is 8.34. The molecular weight excluding hydrogens is 382 g/mol. The first-order chi connectivity index (χ1) is 12.9. The van der Waals surface area contributed by atoms with Crippen molar-refractivity contribution in [1.29, 1.82) is 0 Å². The van der Waals surface area contributed by atoms with Gasteiger partial charge in [0.05, 0.1) is 4.90 Å². The molecule has 1 N–H and O–H groups in total.